The fraction of sp³-hybridized carbons (Fsp3) is 0.714. The van der Waals surface area contributed by atoms with Gasteiger partial charge >= 0.3 is 0 Å². The Morgan fingerprint density at radius 3 is 3.00 bits per heavy atom. The van der Waals surface area contributed by atoms with E-state index >= 15 is 0 Å². The number of piperidine rings is 1. The molecule has 0 radical (unpaired) electrons. The standard InChI is InChI=1S/C14H21N4/c1-18-7-5-11-10(4-6-15-14(11)17-18)13-9-2-3-12(13)16-8-9/h5,7,9-10,12-13,16H,2-4,6,8H2,1H3,(H,15,17)/q+1. The Bertz CT molecular complexity index is 453. The van der Waals surface area contributed by atoms with Crippen molar-refractivity contribution in [3.05, 3.63) is 17.8 Å². The van der Waals surface area contributed by atoms with Crippen LogP contribution in [-0.4, -0.2) is 24.2 Å². The van der Waals surface area contributed by atoms with Crippen molar-refractivity contribution in [1.29, 1.82) is 0 Å². The molecular formula is C14H21N4+. The summed E-state index contributed by atoms with van der Waals surface area (Å²) in [6, 6.07) is 3.04. The molecule has 96 valence electrons. The van der Waals surface area contributed by atoms with E-state index in [0.29, 0.717) is 5.92 Å². The number of aryl methyl sites for hydroxylation is 1. The zero-order chi connectivity index (χ0) is 12.1. The second kappa shape index (κ2) is 3.92. The van der Waals surface area contributed by atoms with Crippen molar-refractivity contribution in [2.45, 2.75) is 31.2 Å². The van der Waals surface area contributed by atoms with E-state index in [1.54, 1.807) is 0 Å². The zero-order valence-corrected chi connectivity index (χ0v) is 10.9. The monoisotopic (exact) mass is 245 g/mol. The lowest BCUT2D eigenvalue weighted by atomic mass is 9.77. The number of nitrogens with one attached hydrogen (secondary N) is 2. The molecule has 0 aromatic carbocycles. The van der Waals surface area contributed by atoms with Crippen LogP contribution in [0.15, 0.2) is 12.3 Å². The summed E-state index contributed by atoms with van der Waals surface area (Å²) in [5.74, 6) is 3.57. The summed E-state index contributed by atoms with van der Waals surface area (Å²) in [6.45, 7) is 2.31. The maximum atomic E-state index is 4.59. The molecule has 2 N–H and O–H groups in total. The molecule has 2 fully saturated rings. The van der Waals surface area contributed by atoms with Gasteiger partial charge in [-0.25, -0.2) is 0 Å². The lowest BCUT2D eigenvalue weighted by Crippen LogP contribution is -2.37. The van der Waals surface area contributed by atoms with Crippen LogP contribution in [0.2, 0.25) is 0 Å². The van der Waals surface area contributed by atoms with Gasteiger partial charge in [-0.05, 0) is 43.6 Å². The molecule has 3 aliphatic rings. The minimum Gasteiger partial charge on any atom is -0.365 e. The molecule has 18 heavy (non-hydrogen) atoms. The average molecular weight is 245 g/mol. The highest BCUT2D eigenvalue weighted by atomic mass is 15.3. The number of hydrogen-bond donors (Lipinski definition) is 2. The normalized spacial score (nSPS) is 37.4. The Morgan fingerprint density at radius 2 is 2.28 bits per heavy atom. The third-order valence-corrected chi connectivity index (χ3v) is 5.11. The molecule has 1 saturated carbocycles. The maximum absolute atomic E-state index is 4.59. The summed E-state index contributed by atoms with van der Waals surface area (Å²) in [4.78, 5) is 0. The van der Waals surface area contributed by atoms with Crippen LogP contribution in [0.5, 0.6) is 0 Å². The minimum atomic E-state index is 0.711. The van der Waals surface area contributed by atoms with E-state index in [1.807, 2.05) is 11.7 Å². The zero-order valence-electron chi connectivity index (χ0n) is 10.9. The largest absolute Gasteiger partial charge is 0.365 e. The first-order chi connectivity index (χ1) is 8.83. The van der Waals surface area contributed by atoms with Crippen LogP contribution in [0.25, 0.3) is 0 Å². The van der Waals surface area contributed by atoms with Gasteiger partial charge in [0.25, 0.3) is 0 Å². The Hall–Kier alpha value is -1.16. The van der Waals surface area contributed by atoms with Gasteiger partial charge in [0.15, 0.2) is 19.1 Å². The van der Waals surface area contributed by atoms with Crippen molar-refractivity contribution < 1.29 is 4.68 Å². The van der Waals surface area contributed by atoms with E-state index in [9.17, 15) is 0 Å². The quantitative estimate of drug-likeness (QED) is 0.719. The summed E-state index contributed by atoms with van der Waals surface area (Å²) in [7, 11) is 1.99. The molecule has 1 aliphatic carbocycles. The lowest BCUT2D eigenvalue weighted by molar-refractivity contribution is -0.729. The minimum absolute atomic E-state index is 0.711. The molecule has 2 aliphatic heterocycles. The SMILES string of the molecule is C[n+]1ccc2c(n1)NCCC2C1C2CCC1NC2. The van der Waals surface area contributed by atoms with Gasteiger partial charge in [-0.15, -0.1) is 0 Å². The molecule has 3 heterocycles. The number of hydrogen-bond acceptors (Lipinski definition) is 3. The second-order valence-electron chi connectivity index (χ2n) is 6.04. The van der Waals surface area contributed by atoms with Crippen molar-refractivity contribution in [3.63, 3.8) is 0 Å². The molecular weight excluding hydrogens is 224 g/mol. The van der Waals surface area contributed by atoms with Gasteiger partial charge in [-0.1, -0.05) is 4.68 Å². The van der Waals surface area contributed by atoms with Crippen molar-refractivity contribution in [1.82, 2.24) is 10.4 Å². The van der Waals surface area contributed by atoms with E-state index in [4.69, 9.17) is 0 Å². The van der Waals surface area contributed by atoms with Crippen molar-refractivity contribution in [2.75, 3.05) is 18.4 Å². The van der Waals surface area contributed by atoms with E-state index in [1.165, 1.54) is 31.4 Å². The van der Waals surface area contributed by atoms with Gasteiger partial charge in [-0.2, -0.15) is 0 Å². The molecule has 1 aromatic rings. The van der Waals surface area contributed by atoms with Gasteiger partial charge in [0.2, 0.25) is 0 Å². The topological polar surface area (TPSA) is 40.8 Å². The predicted octanol–water partition coefficient (Wildman–Crippen LogP) is 0.803. The van der Waals surface area contributed by atoms with Gasteiger partial charge in [-0.3, -0.25) is 0 Å². The molecule has 4 rings (SSSR count). The van der Waals surface area contributed by atoms with E-state index < -0.39 is 0 Å². The lowest BCUT2D eigenvalue weighted by Gasteiger charge is -2.31. The van der Waals surface area contributed by atoms with Crippen molar-refractivity contribution in [3.8, 4) is 0 Å². The number of fused-ring (bicyclic) bond motifs is 3. The Balaban J connectivity index is 1.72. The first-order valence-corrected chi connectivity index (χ1v) is 7.17. The van der Waals surface area contributed by atoms with Gasteiger partial charge in [0.05, 0.1) is 0 Å². The highest BCUT2D eigenvalue weighted by Gasteiger charge is 2.47. The van der Waals surface area contributed by atoms with Crippen molar-refractivity contribution >= 4 is 5.82 Å². The fourth-order valence-corrected chi connectivity index (χ4v) is 4.35. The number of nitrogens with zero attached hydrogens (tertiary/aromatic N) is 2. The first kappa shape index (κ1) is 10.7. The number of anilines is 1. The molecule has 4 heteroatoms. The highest BCUT2D eigenvalue weighted by Crippen LogP contribution is 2.48. The molecule has 4 unspecified atom stereocenters. The van der Waals surface area contributed by atoms with Crippen LogP contribution in [-0.2, 0) is 7.05 Å². The van der Waals surface area contributed by atoms with E-state index in [2.05, 4.69) is 28.0 Å². The molecule has 1 saturated heterocycles. The van der Waals surface area contributed by atoms with Crippen LogP contribution >= 0.6 is 0 Å². The first-order valence-electron chi connectivity index (χ1n) is 7.17. The molecule has 0 spiro atoms. The summed E-state index contributed by atoms with van der Waals surface area (Å²) >= 11 is 0. The van der Waals surface area contributed by atoms with Crippen LogP contribution < -0.4 is 15.3 Å². The van der Waals surface area contributed by atoms with Crippen LogP contribution in [0.3, 0.4) is 0 Å². The van der Waals surface area contributed by atoms with Crippen LogP contribution in [0.1, 0.15) is 30.7 Å². The Kier molecular flexibility index (Phi) is 2.34. The summed E-state index contributed by atoms with van der Waals surface area (Å²) < 4.78 is 1.90. The smallest absolute Gasteiger partial charge is 0.197 e. The van der Waals surface area contributed by atoms with Crippen LogP contribution in [0, 0.1) is 11.8 Å². The van der Waals surface area contributed by atoms with Crippen molar-refractivity contribution in [2.24, 2.45) is 18.9 Å². The predicted molar refractivity (Wildman–Crippen MR) is 69.3 cm³/mol. The summed E-state index contributed by atoms with van der Waals surface area (Å²) in [6.07, 6.45) is 6.16. The Labute approximate surface area is 108 Å². The third-order valence-electron chi connectivity index (χ3n) is 5.11. The molecule has 0 amide bonds. The summed E-state index contributed by atoms with van der Waals surface area (Å²) in [5.41, 5.74) is 1.45. The average Bonchev–Trinajstić information content (AvgIpc) is 2.97. The second-order valence-corrected chi connectivity index (χ2v) is 6.04. The molecule has 1 aromatic heterocycles. The molecule has 2 bridgehead atoms. The van der Waals surface area contributed by atoms with Gasteiger partial charge in [0.1, 0.15) is 0 Å². The van der Waals surface area contributed by atoms with Gasteiger partial charge < -0.3 is 10.6 Å². The summed E-state index contributed by atoms with van der Waals surface area (Å²) in [5, 5.41) is 11.7. The van der Waals surface area contributed by atoms with Gasteiger partial charge in [0, 0.05) is 29.3 Å². The van der Waals surface area contributed by atoms with E-state index in [-0.39, 0.29) is 0 Å². The number of aromatic nitrogens is 2. The highest BCUT2D eigenvalue weighted by molar-refractivity contribution is 5.47. The maximum Gasteiger partial charge on any atom is 0.197 e. The van der Waals surface area contributed by atoms with E-state index in [0.717, 1.165) is 30.2 Å². The molecule has 4 atom stereocenters. The Morgan fingerprint density at radius 1 is 1.33 bits per heavy atom. The third kappa shape index (κ3) is 1.48. The molecule has 4 nitrogen and oxygen atoms in total. The fourth-order valence-electron chi connectivity index (χ4n) is 4.35. The number of rotatable bonds is 1. The van der Waals surface area contributed by atoms with Crippen LogP contribution in [0.4, 0.5) is 5.82 Å².